The molecular weight excluding hydrogens is 219 g/mol. The van der Waals surface area contributed by atoms with Crippen LogP contribution in [-0.2, 0) is 0 Å². The lowest BCUT2D eigenvalue weighted by Crippen LogP contribution is -2.12. The second-order valence-corrected chi connectivity index (χ2v) is 3.69. The van der Waals surface area contributed by atoms with E-state index in [0.717, 1.165) is 12.1 Å². The molecule has 5 heteroatoms. The molecule has 16 heavy (non-hydrogen) atoms. The Hall–Kier alpha value is -1.23. The summed E-state index contributed by atoms with van der Waals surface area (Å²) in [5.74, 6) is -2.30. The Labute approximate surface area is 92.2 Å². The lowest BCUT2D eigenvalue weighted by Gasteiger charge is -2.12. The van der Waals surface area contributed by atoms with E-state index in [2.05, 4.69) is 0 Å². The predicted molar refractivity (Wildman–Crippen MR) is 55.0 cm³/mol. The van der Waals surface area contributed by atoms with Gasteiger partial charge in [-0.2, -0.15) is 0 Å². The van der Waals surface area contributed by atoms with Crippen molar-refractivity contribution in [2.24, 2.45) is 5.73 Å². The van der Waals surface area contributed by atoms with Gasteiger partial charge in [0.2, 0.25) is 0 Å². The molecule has 90 valence electrons. The molecule has 0 radical (unpaired) electrons. The molecule has 0 saturated carbocycles. The highest BCUT2D eigenvalue weighted by Gasteiger charge is 2.15. The Morgan fingerprint density at radius 3 is 2.12 bits per heavy atom. The zero-order valence-corrected chi connectivity index (χ0v) is 9.14. The van der Waals surface area contributed by atoms with Gasteiger partial charge in [0.25, 0.3) is 0 Å². The van der Waals surface area contributed by atoms with Crippen LogP contribution in [0.2, 0.25) is 0 Å². The van der Waals surface area contributed by atoms with Gasteiger partial charge >= 0.3 is 0 Å². The highest BCUT2D eigenvalue weighted by molar-refractivity contribution is 5.32. The largest absolute Gasteiger partial charge is 0.485 e. The summed E-state index contributed by atoms with van der Waals surface area (Å²) in [6.45, 7) is 2.47. The van der Waals surface area contributed by atoms with Gasteiger partial charge in [0.1, 0.15) is 12.8 Å². The van der Waals surface area contributed by atoms with Crippen LogP contribution in [0.15, 0.2) is 12.1 Å². The number of halogens is 3. The highest BCUT2D eigenvalue weighted by Crippen LogP contribution is 2.25. The third-order valence-electron chi connectivity index (χ3n) is 2.00. The molecule has 2 atom stereocenters. The third kappa shape index (κ3) is 3.13. The summed E-state index contributed by atoms with van der Waals surface area (Å²) in [5, 5.41) is 0. The Morgan fingerprint density at radius 2 is 1.75 bits per heavy atom. The van der Waals surface area contributed by atoms with Crippen LogP contribution in [0.1, 0.15) is 25.5 Å². The van der Waals surface area contributed by atoms with Gasteiger partial charge in [-0.1, -0.05) is 0 Å². The number of benzene rings is 1. The smallest absolute Gasteiger partial charge is 0.190 e. The van der Waals surface area contributed by atoms with Crippen molar-refractivity contribution in [2.45, 2.75) is 26.1 Å². The number of alkyl halides is 1. The van der Waals surface area contributed by atoms with Crippen LogP contribution in [0.3, 0.4) is 0 Å². The standard InChI is InChI=1S/C11H14F3NO/c1-6(12)5-16-11-9(13)3-8(7(2)15)4-10(11)14/h3-4,6-7H,5,15H2,1-2H3. The van der Waals surface area contributed by atoms with Crippen molar-refractivity contribution in [3.05, 3.63) is 29.3 Å². The molecule has 0 aliphatic rings. The second-order valence-electron chi connectivity index (χ2n) is 3.69. The molecule has 0 saturated heterocycles. The van der Waals surface area contributed by atoms with Crippen molar-refractivity contribution in [3.8, 4) is 5.75 Å². The molecule has 0 amide bonds. The number of hydrogen-bond donors (Lipinski definition) is 1. The van der Waals surface area contributed by atoms with E-state index in [0.29, 0.717) is 5.56 Å². The van der Waals surface area contributed by atoms with Gasteiger partial charge in [-0.05, 0) is 31.5 Å². The Kier molecular flexibility index (Phi) is 4.18. The molecule has 0 spiro atoms. The molecule has 0 aliphatic heterocycles. The topological polar surface area (TPSA) is 35.2 Å². The van der Waals surface area contributed by atoms with Crippen LogP contribution in [-0.4, -0.2) is 12.8 Å². The maximum absolute atomic E-state index is 13.4. The first-order valence-electron chi connectivity index (χ1n) is 4.93. The van der Waals surface area contributed by atoms with Gasteiger partial charge in [0.05, 0.1) is 0 Å². The quantitative estimate of drug-likeness (QED) is 0.867. The van der Waals surface area contributed by atoms with Crippen LogP contribution in [0.4, 0.5) is 13.2 Å². The fourth-order valence-electron chi connectivity index (χ4n) is 1.18. The van der Waals surface area contributed by atoms with Crippen molar-refractivity contribution in [3.63, 3.8) is 0 Å². The van der Waals surface area contributed by atoms with Crippen LogP contribution in [0.5, 0.6) is 5.75 Å². The molecule has 2 nitrogen and oxygen atoms in total. The first-order valence-corrected chi connectivity index (χ1v) is 4.93. The van der Waals surface area contributed by atoms with Gasteiger partial charge in [0, 0.05) is 6.04 Å². The van der Waals surface area contributed by atoms with Gasteiger partial charge in [-0.15, -0.1) is 0 Å². The van der Waals surface area contributed by atoms with Crippen LogP contribution >= 0.6 is 0 Å². The summed E-state index contributed by atoms with van der Waals surface area (Å²) in [7, 11) is 0. The number of nitrogens with two attached hydrogens (primary N) is 1. The Bertz CT molecular complexity index is 343. The lowest BCUT2D eigenvalue weighted by atomic mass is 10.1. The minimum absolute atomic E-state index is 0.329. The molecule has 2 unspecified atom stereocenters. The molecule has 0 bridgehead atoms. The number of hydrogen-bond acceptors (Lipinski definition) is 2. The molecule has 1 aromatic carbocycles. The third-order valence-corrected chi connectivity index (χ3v) is 2.00. The summed E-state index contributed by atoms with van der Waals surface area (Å²) in [6, 6.07) is 1.70. The highest BCUT2D eigenvalue weighted by atomic mass is 19.1. The van der Waals surface area contributed by atoms with Crippen LogP contribution in [0.25, 0.3) is 0 Å². The SMILES string of the molecule is CC(F)COc1c(F)cc(C(C)N)cc1F. The summed E-state index contributed by atoms with van der Waals surface area (Å²) >= 11 is 0. The molecular formula is C11H14F3NO. The molecule has 0 aliphatic carbocycles. The van der Waals surface area contributed by atoms with Gasteiger partial charge in [-0.3, -0.25) is 0 Å². The van der Waals surface area contributed by atoms with Crippen molar-refractivity contribution in [1.29, 1.82) is 0 Å². The monoisotopic (exact) mass is 233 g/mol. The Morgan fingerprint density at radius 1 is 1.25 bits per heavy atom. The fourth-order valence-corrected chi connectivity index (χ4v) is 1.18. The maximum atomic E-state index is 13.4. The average Bonchev–Trinajstić information content (AvgIpc) is 2.15. The zero-order valence-electron chi connectivity index (χ0n) is 9.14. The van der Waals surface area contributed by atoms with E-state index < -0.39 is 29.6 Å². The minimum atomic E-state index is -1.29. The van der Waals surface area contributed by atoms with E-state index in [1.54, 1.807) is 6.92 Å². The van der Waals surface area contributed by atoms with E-state index >= 15 is 0 Å². The summed E-state index contributed by atoms with van der Waals surface area (Å²) in [6.07, 6.45) is -1.29. The summed E-state index contributed by atoms with van der Waals surface area (Å²) in [5.41, 5.74) is 5.82. The minimum Gasteiger partial charge on any atom is -0.485 e. The fraction of sp³-hybridized carbons (Fsp3) is 0.455. The summed E-state index contributed by atoms with van der Waals surface area (Å²) in [4.78, 5) is 0. The summed E-state index contributed by atoms with van der Waals surface area (Å²) < 4.78 is 43.9. The van der Waals surface area contributed by atoms with Crippen molar-refractivity contribution in [2.75, 3.05) is 6.61 Å². The van der Waals surface area contributed by atoms with Gasteiger partial charge in [0.15, 0.2) is 17.4 Å². The molecule has 0 fully saturated rings. The second kappa shape index (κ2) is 5.21. The predicted octanol–water partition coefficient (Wildman–Crippen LogP) is 2.72. The number of ether oxygens (including phenoxy) is 1. The van der Waals surface area contributed by atoms with E-state index in [4.69, 9.17) is 10.5 Å². The average molecular weight is 233 g/mol. The molecule has 0 heterocycles. The maximum Gasteiger partial charge on any atom is 0.190 e. The molecule has 1 aromatic rings. The van der Waals surface area contributed by atoms with E-state index in [1.807, 2.05) is 0 Å². The number of rotatable bonds is 4. The lowest BCUT2D eigenvalue weighted by molar-refractivity contribution is 0.196. The van der Waals surface area contributed by atoms with Gasteiger partial charge < -0.3 is 10.5 Å². The normalized spacial score (nSPS) is 14.6. The first kappa shape index (κ1) is 12.8. The Balaban J connectivity index is 2.94. The van der Waals surface area contributed by atoms with E-state index in [1.165, 1.54) is 6.92 Å². The van der Waals surface area contributed by atoms with Crippen molar-refractivity contribution >= 4 is 0 Å². The zero-order chi connectivity index (χ0) is 12.3. The molecule has 1 rings (SSSR count). The first-order chi connectivity index (χ1) is 7.41. The van der Waals surface area contributed by atoms with Gasteiger partial charge in [-0.25, -0.2) is 13.2 Å². The molecule has 0 aromatic heterocycles. The van der Waals surface area contributed by atoms with Crippen molar-refractivity contribution in [1.82, 2.24) is 0 Å². The van der Waals surface area contributed by atoms with E-state index in [9.17, 15) is 13.2 Å². The van der Waals surface area contributed by atoms with Crippen molar-refractivity contribution < 1.29 is 17.9 Å². The molecule has 2 N–H and O–H groups in total. The van der Waals surface area contributed by atoms with E-state index in [-0.39, 0.29) is 6.61 Å². The van der Waals surface area contributed by atoms with Crippen LogP contribution in [0, 0.1) is 11.6 Å². The van der Waals surface area contributed by atoms with Crippen LogP contribution < -0.4 is 10.5 Å².